The molecule has 0 saturated heterocycles. The van der Waals surface area contributed by atoms with Crippen molar-refractivity contribution in [1.82, 2.24) is 0 Å². The maximum atomic E-state index is 3.49. The van der Waals surface area contributed by atoms with Gasteiger partial charge in [0.15, 0.2) is 0 Å². The van der Waals surface area contributed by atoms with Gasteiger partial charge in [-0.25, -0.2) is 0 Å². The lowest BCUT2D eigenvalue weighted by Gasteiger charge is -2.18. The van der Waals surface area contributed by atoms with E-state index in [-0.39, 0.29) is 0 Å². The summed E-state index contributed by atoms with van der Waals surface area (Å²) in [5.41, 5.74) is 5.49. The van der Waals surface area contributed by atoms with Crippen molar-refractivity contribution in [3.8, 4) is 0 Å². The fraction of sp³-hybridized carbons (Fsp3) is 0.176. The Morgan fingerprint density at radius 3 is 2.56 bits per heavy atom. The first-order valence-electron chi connectivity index (χ1n) is 6.50. The van der Waals surface area contributed by atoms with Gasteiger partial charge in [-0.15, -0.1) is 0 Å². The standard InChI is InChI=1S/C17H17N/c1-2-10-16(11-3-1)18-13-15-9-6-8-14-7-4-5-12-17(14)15/h1-5,7,9-12,18H,6,8,13H2. The number of rotatable bonds is 3. The molecule has 2 aromatic carbocycles. The van der Waals surface area contributed by atoms with Gasteiger partial charge in [0, 0.05) is 12.2 Å². The van der Waals surface area contributed by atoms with Crippen molar-refractivity contribution >= 4 is 11.3 Å². The fourth-order valence-corrected chi connectivity index (χ4v) is 2.48. The first-order valence-corrected chi connectivity index (χ1v) is 6.50. The quantitative estimate of drug-likeness (QED) is 0.843. The van der Waals surface area contributed by atoms with Crippen molar-refractivity contribution in [3.05, 3.63) is 71.8 Å². The second kappa shape index (κ2) is 5.09. The van der Waals surface area contributed by atoms with Crippen LogP contribution in [0.5, 0.6) is 0 Å². The van der Waals surface area contributed by atoms with E-state index in [2.05, 4.69) is 59.9 Å². The number of fused-ring (bicyclic) bond motifs is 1. The first kappa shape index (κ1) is 11.1. The number of allylic oxidation sites excluding steroid dienone is 1. The van der Waals surface area contributed by atoms with Gasteiger partial charge in [0.2, 0.25) is 0 Å². The van der Waals surface area contributed by atoms with Crippen LogP contribution >= 0.6 is 0 Å². The van der Waals surface area contributed by atoms with Gasteiger partial charge in [-0.3, -0.25) is 0 Å². The molecule has 18 heavy (non-hydrogen) atoms. The van der Waals surface area contributed by atoms with Crippen LogP contribution in [0.15, 0.2) is 60.7 Å². The third-order valence-corrected chi connectivity index (χ3v) is 3.42. The van der Waals surface area contributed by atoms with Gasteiger partial charge in [-0.05, 0) is 41.7 Å². The second-order valence-corrected chi connectivity index (χ2v) is 4.64. The van der Waals surface area contributed by atoms with Gasteiger partial charge in [0.1, 0.15) is 0 Å². The Hall–Kier alpha value is -2.02. The highest BCUT2D eigenvalue weighted by atomic mass is 14.9. The van der Waals surface area contributed by atoms with Crippen LogP contribution in [-0.4, -0.2) is 6.54 Å². The van der Waals surface area contributed by atoms with Crippen LogP contribution in [0.3, 0.4) is 0 Å². The molecule has 0 atom stereocenters. The lowest BCUT2D eigenvalue weighted by molar-refractivity contribution is 0.971. The van der Waals surface area contributed by atoms with Crippen LogP contribution in [0.4, 0.5) is 5.69 Å². The third-order valence-electron chi connectivity index (χ3n) is 3.42. The van der Waals surface area contributed by atoms with Gasteiger partial charge in [0.05, 0.1) is 0 Å². The number of aryl methyl sites for hydroxylation is 1. The average molecular weight is 235 g/mol. The van der Waals surface area contributed by atoms with Gasteiger partial charge in [0.25, 0.3) is 0 Å². The fourth-order valence-electron chi connectivity index (χ4n) is 2.48. The summed E-state index contributed by atoms with van der Waals surface area (Å²) in [6.07, 6.45) is 4.69. The summed E-state index contributed by atoms with van der Waals surface area (Å²) >= 11 is 0. The highest BCUT2D eigenvalue weighted by Gasteiger charge is 2.11. The Morgan fingerprint density at radius 1 is 0.889 bits per heavy atom. The number of benzene rings is 2. The zero-order valence-corrected chi connectivity index (χ0v) is 10.4. The molecule has 1 aliphatic carbocycles. The molecule has 1 N–H and O–H groups in total. The van der Waals surface area contributed by atoms with E-state index in [9.17, 15) is 0 Å². The second-order valence-electron chi connectivity index (χ2n) is 4.64. The van der Waals surface area contributed by atoms with E-state index in [1.54, 1.807) is 0 Å². The van der Waals surface area contributed by atoms with Crippen LogP contribution in [0.2, 0.25) is 0 Å². The average Bonchev–Trinajstić information content (AvgIpc) is 2.46. The molecule has 1 aliphatic rings. The van der Waals surface area contributed by atoms with Crippen molar-refractivity contribution in [3.63, 3.8) is 0 Å². The Morgan fingerprint density at radius 2 is 1.67 bits per heavy atom. The topological polar surface area (TPSA) is 12.0 Å². The zero-order valence-electron chi connectivity index (χ0n) is 10.4. The molecule has 90 valence electrons. The van der Waals surface area contributed by atoms with E-state index in [0.29, 0.717) is 0 Å². The molecule has 0 heterocycles. The summed E-state index contributed by atoms with van der Waals surface area (Å²) in [6.45, 7) is 0.904. The van der Waals surface area contributed by atoms with Crippen molar-refractivity contribution < 1.29 is 0 Å². The molecule has 0 aromatic heterocycles. The van der Waals surface area contributed by atoms with Gasteiger partial charge < -0.3 is 5.32 Å². The number of nitrogens with one attached hydrogen (secondary N) is 1. The molecule has 3 rings (SSSR count). The molecule has 0 bridgehead atoms. The summed E-state index contributed by atoms with van der Waals surface area (Å²) in [5.74, 6) is 0. The molecule has 0 unspecified atom stereocenters. The molecular weight excluding hydrogens is 218 g/mol. The van der Waals surface area contributed by atoms with E-state index in [1.807, 2.05) is 6.07 Å². The summed E-state index contributed by atoms with van der Waals surface area (Å²) in [4.78, 5) is 0. The SMILES string of the molecule is C1=C(CNc2ccccc2)c2ccccc2CC1. The van der Waals surface area contributed by atoms with Gasteiger partial charge >= 0.3 is 0 Å². The smallest absolute Gasteiger partial charge is 0.0403 e. The number of hydrogen-bond acceptors (Lipinski definition) is 1. The van der Waals surface area contributed by atoms with Crippen molar-refractivity contribution in [2.45, 2.75) is 12.8 Å². The minimum Gasteiger partial charge on any atom is -0.381 e. The van der Waals surface area contributed by atoms with E-state index in [1.165, 1.54) is 28.8 Å². The molecule has 0 saturated carbocycles. The molecule has 0 aliphatic heterocycles. The molecular formula is C17H17N. The highest BCUT2D eigenvalue weighted by molar-refractivity contribution is 5.73. The Kier molecular flexibility index (Phi) is 3.14. The summed E-state index contributed by atoms with van der Waals surface area (Å²) in [5, 5.41) is 3.49. The highest BCUT2D eigenvalue weighted by Crippen LogP contribution is 2.26. The molecule has 1 nitrogen and oxygen atoms in total. The summed E-state index contributed by atoms with van der Waals surface area (Å²) < 4.78 is 0. The Balaban J connectivity index is 1.76. The van der Waals surface area contributed by atoms with Crippen LogP contribution in [0, 0.1) is 0 Å². The lowest BCUT2D eigenvalue weighted by atomic mass is 9.91. The normalized spacial score (nSPS) is 13.7. The number of para-hydroxylation sites is 1. The molecule has 2 aromatic rings. The van der Waals surface area contributed by atoms with E-state index in [0.717, 1.165) is 13.0 Å². The predicted molar refractivity (Wildman–Crippen MR) is 77.7 cm³/mol. The van der Waals surface area contributed by atoms with E-state index >= 15 is 0 Å². The van der Waals surface area contributed by atoms with Crippen molar-refractivity contribution in [1.29, 1.82) is 0 Å². The number of hydrogen-bond donors (Lipinski definition) is 1. The van der Waals surface area contributed by atoms with Crippen molar-refractivity contribution in [2.75, 3.05) is 11.9 Å². The largest absolute Gasteiger partial charge is 0.381 e. The summed E-state index contributed by atoms with van der Waals surface area (Å²) in [7, 11) is 0. The van der Waals surface area contributed by atoms with E-state index in [4.69, 9.17) is 0 Å². The van der Waals surface area contributed by atoms with Crippen LogP contribution < -0.4 is 5.32 Å². The maximum Gasteiger partial charge on any atom is 0.0403 e. The third kappa shape index (κ3) is 2.30. The summed E-state index contributed by atoms with van der Waals surface area (Å²) in [6, 6.07) is 19.1. The van der Waals surface area contributed by atoms with Crippen LogP contribution in [0.25, 0.3) is 5.57 Å². The predicted octanol–water partition coefficient (Wildman–Crippen LogP) is 4.13. The first-order chi connectivity index (χ1) is 8.93. The molecule has 1 heteroatoms. The minimum absolute atomic E-state index is 0.904. The van der Waals surface area contributed by atoms with Crippen LogP contribution in [0.1, 0.15) is 17.5 Å². The Bertz CT molecular complexity index is 555. The Labute approximate surface area is 108 Å². The number of anilines is 1. The maximum absolute atomic E-state index is 3.49. The lowest BCUT2D eigenvalue weighted by Crippen LogP contribution is -2.08. The van der Waals surface area contributed by atoms with Crippen LogP contribution in [-0.2, 0) is 6.42 Å². The monoisotopic (exact) mass is 235 g/mol. The van der Waals surface area contributed by atoms with Crippen molar-refractivity contribution in [2.24, 2.45) is 0 Å². The molecule has 0 fully saturated rings. The zero-order chi connectivity index (χ0) is 12.2. The molecule has 0 radical (unpaired) electrons. The molecule has 0 spiro atoms. The minimum atomic E-state index is 0.904. The molecule has 0 amide bonds. The van der Waals surface area contributed by atoms with Gasteiger partial charge in [-0.1, -0.05) is 48.5 Å². The van der Waals surface area contributed by atoms with E-state index < -0.39 is 0 Å². The van der Waals surface area contributed by atoms with Gasteiger partial charge in [-0.2, -0.15) is 0 Å².